The van der Waals surface area contributed by atoms with Crippen LogP contribution in [-0.2, 0) is 9.47 Å². The van der Waals surface area contributed by atoms with E-state index in [9.17, 15) is 4.79 Å². The highest BCUT2D eigenvalue weighted by Crippen LogP contribution is 2.30. The molecule has 1 N–H and O–H groups in total. The van der Waals surface area contributed by atoms with Gasteiger partial charge in [0.2, 0.25) is 0 Å². The number of hydrogen-bond donors (Lipinski definition) is 1. The second-order valence-electron chi connectivity index (χ2n) is 5.33. The van der Waals surface area contributed by atoms with E-state index >= 15 is 0 Å². The first-order chi connectivity index (χ1) is 9.67. The van der Waals surface area contributed by atoms with Gasteiger partial charge in [-0.1, -0.05) is 0 Å². The van der Waals surface area contributed by atoms with Gasteiger partial charge in [0.05, 0.1) is 19.3 Å². The standard InChI is InChI=1S/C13H18N4O3/c1-10-7-17(8-13(20-10)4-6-19-9-13)12(18)15-11-3-2-5-14-16-11/h2-3,5,10H,4,6-9H2,1H3,(H,15,16,18)/t10-,13+/m1/s1. The third-order valence-electron chi connectivity index (χ3n) is 3.57. The summed E-state index contributed by atoms with van der Waals surface area (Å²) in [5.41, 5.74) is -0.350. The molecular weight excluding hydrogens is 260 g/mol. The number of carbonyl (C=O) groups is 1. The molecule has 3 heterocycles. The van der Waals surface area contributed by atoms with Crippen LogP contribution < -0.4 is 5.32 Å². The third-order valence-corrected chi connectivity index (χ3v) is 3.57. The van der Waals surface area contributed by atoms with Crippen molar-refractivity contribution >= 4 is 11.8 Å². The number of nitrogens with one attached hydrogen (secondary N) is 1. The summed E-state index contributed by atoms with van der Waals surface area (Å²) in [4.78, 5) is 14.1. The third kappa shape index (κ3) is 2.73. The summed E-state index contributed by atoms with van der Waals surface area (Å²) in [6.45, 7) is 4.32. The van der Waals surface area contributed by atoms with Crippen molar-refractivity contribution in [2.45, 2.75) is 25.0 Å². The van der Waals surface area contributed by atoms with Gasteiger partial charge in [-0.05, 0) is 19.1 Å². The average Bonchev–Trinajstić information content (AvgIpc) is 2.86. The van der Waals surface area contributed by atoms with Crippen molar-refractivity contribution in [1.29, 1.82) is 0 Å². The van der Waals surface area contributed by atoms with E-state index in [4.69, 9.17) is 9.47 Å². The Morgan fingerprint density at radius 3 is 3.20 bits per heavy atom. The van der Waals surface area contributed by atoms with E-state index in [1.54, 1.807) is 23.2 Å². The molecule has 1 aromatic rings. The quantitative estimate of drug-likeness (QED) is 0.825. The average molecular weight is 278 g/mol. The fourth-order valence-electron chi connectivity index (χ4n) is 2.74. The lowest BCUT2D eigenvalue weighted by Gasteiger charge is -2.42. The van der Waals surface area contributed by atoms with Crippen LogP contribution in [0, 0.1) is 0 Å². The fourth-order valence-corrected chi connectivity index (χ4v) is 2.74. The first-order valence-electron chi connectivity index (χ1n) is 6.76. The number of urea groups is 1. The van der Waals surface area contributed by atoms with E-state index < -0.39 is 0 Å². The summed E-state index contributed by atoms with van der Waals surface area (Å²) in [6.07, 6.45) is 2.39. The number of amides is 2. The molecule has 0 aromatic carbocycles. The Morgan fingerprint density at radius 2 is 2.50 bits per heavy atom. The highest BCUT2D eigenvalue weighted by atomic mass is 16.6. The van der Waals surface area contributed by atoms with Crippen molar-refractivity contribution in [1.82, 2.24) is 15.1 Å². The molecule has 7 heteroatoms. The Hall–Kier alpha value is -1.73. The number of carbonyl (C=O) groups excluding carboxylic acids is 1. The van der Waals surface area contributed by atoms with Crippen LogP contribution in [0.2, 0.25) is 0 Å². The normalized spacial score (nSPS) is 29.6. The maximum absolute atomic E-state index is 12.3. The lowest BCUT2D eigenvalue weighted by Crippen LogP contribution is -2.57. The fraction of sp³-hybridized carbons (Fsp3) is 0.615. The molecule has 0 saturated carbocycles. The van der Waals surface area contributed by atoms with Crippen LogP contribution in [0.15, 0.2) is 18.3 Å². The van der Waals surface area contributed by atoms with Crippen molar-refractivity contribution < 1.29 is 14.3 Å². The van der Waals surface area contributed by atoms with E-state index in [1.165, 1.54) is 0 Å². The summed E-state index contributed by atoms with van der Waals surface area (Å²) >= 11 is 0. The van der Waals surface area contributed by atoms with Gasteiger partial charge in [0.1, 0.15) is 5.60 Å². The molecule has 2 amide bonds. The van der Waals surface area contributed by atoms with Gasteiger partial charge in [-0.2, -0.15) is 5.10 Å². The number of nitrogens with zero attached hydrogens (tertiary/aromatic N) is 3. The van der Waals surface area contributed by atoms with Crippen molar-refractivity contribution in [2.24, 2.45) is 0 Å². The van der Waals surface area contributed by atoms with Crippen molar-refractivity contribution in [3.63, 3.8) is 0 Å². The topological polar surface area (TPSA) is 76.6 Å². The lowest BCUT2D eigenvalue weighted by atomic mass is 9.99. The van der Waals surface area contributed by atoms with Crippen molar-refractivity contribution in [3.05, 3.63) is 18.3 Å². The maximum atomic E-state index is 12.3. The Balaban J connectivity index is 1.68. The largest absolute Gasteiger partial charge is 0.378 e. The molecule has 2 saturated heterocycles. The Labute approximate surface area is 117 Å². The molecule has 0 unspecified atom stereocenters. The molecule has 3 rings (SSSR count). The van der Waals surface area contributed by atoms with Crippen molar-refractivity contribution in [3.8, 4) is 0 Å². The molecule has 2 aliphatic heterocycles. The first-order valence-corrected chi connectivity index (χ1v) is 6.76. The van der Waals surface area contributed by atoms with Crippen LogP contribution in [0.5, 0.6) is 0 Å². The second-order valence-corrected chi connectivity index (χ2v) is 5.33. The summed E-state index contributed by atoms with van der Waals surface area (Å²) in [7, 11) is 0. The smallest absolute Gasteiger partial charge is 0.323 e. The number of rotatable bonds is 1. The summed E-state index contributed by atoms with van der Waals surface area (Å²) in [5, 5.41) is 10.4. The Morgan fingerprint density at radius 1 is 1.60 bits per heavy atom. The first kappa shape index (κ1) is 13.3. The van der Waals surface area contributed by atoms with Crippen molar-refractivity contribution in [2.75, 3.05) is 31.6 Å². The summed E-state index contributed by atoms with van der Waals surface area (Å²) < 4.78 is 11.4. The molecule has 0 aliphatic carbocycles. The van der Waals surface area contributed by atoms with Crippen LogP contribution in [0.25, 0.3) is 0 Å². The number of anilines is 1. The van der Waals surface area contributed by atoms with Gasteiger partial charge in [-0.3, -0.25) is 5.32 Å². The van der Waals surface area contributed by atoms with Gasteiger partial charge in [0.15, 0.2) is 5.82 Å². The van der Waals surface area contributed by atoms with Gasteiger partial charge in [0.25, 0.3) is 0 Å². The van der Waals surface area contributed by atoms with Gasteiger partial charge in [-0.15, -0.1) is 5.10 Å². The molecule has 1 spiro atoms. The maximum Gasteiger partial charge on any atom is 0.323 e. The van der Waals surface area contributed by atoms with Gasteiger partial charge >= 0.3 is 6.03 Å². The van der Waals surface area contributed by atoms with E-state index in [1.807, 2.05) is 6.92 Å². The predicted octanol–water partition coefficient (Wildman–Crippen LogP) is 0.888. The second kappa shape index (κ2) is 5.34. The van der Waals surface area contributed by atoms with Gasteiger partial charge < -0.3 is 14.4 Å². The van der Waals surface area contributed by atoms with Crippen LogP contribution in [0.3, 0.4) is 0 Å². The monoisotopic (exact) mass is 278 g/mol. The molecule has 2 aliphatic rings. The van der Waals surface area contributed by atoms with E-state index in [0.717, 1.165) is 6.42 Å². The van der Waals surface area contributed by atoms with E-state index in [0.29, 0.717) is 32.1 Å². The molecule has 20 heavy (non-hydrogen) atoms. The molecule has 1 aromatic heterocycles. The Kier molecular flexibility index (Phi) is 3.54. The number of aromatic nitrogens is 2. The molecular formula is C13H18N4O3. The molecule has 7 nitrogen and oxygen atoms in total. The highest BCUT2D eigenvalue weighted by Gasteiger charge is 2.44. The zero-order valence-corrected chi connectivity index (χ0v) is 11.4. The van der Waals surface area contributed by atoms with Gasteiger partial charge in [0, 0.05) is 25.8 Å². The zero-order chi connectivity index (χ0) is 14.0. The summed E-state index contributed by atoms with van der Waals surface area (Å²) in [6, 6.07) is 3.27. The predicted molar refractivity (Wildman–Crippen MR) is 71.3 cm³/mol. The summed E-state index contributed by atoms with van der Waals surface area (Å²) in [5.74, 6) is 0.452. The molecule has 2 fully saturated rings. The molecule has 0 radical (unpaired) electrons. The van der Waals surface area contributed by atoms with Gasteiger partial charge in [-0.25, -0.2) is 4.79 Å². The molecule has 108 valence electrons. The Bertz CT molecular complexity index is 476. The number of morpholine rings is 1. The van der Waals surface area contributed by atoms with Crippen LogP contribution in [0.4, 0.5) is 10.6 Å². The molecule has 2 atom stereocenters. The zero-order valence-electron chi connectivity index (χ0n) is 11.4. The minimum absolute atomic E-state index is 0.00180. The number of hydrogen-bond acceptors (Lipinski definition) is 5. The van der Waals surface area contributed by atoms with E-state index in [2.05, 4.69) is 15.5 Å². The highest BCUT2D eigenvalue weighted by molar-refractivity contribution is 5.88. The number of ether oxygens (including phenoxy) is 2. The van der Waals surface area contributed by atoms with E-state index in [-0.39, 0.29) is 17.7 Å². The van der Waals surface area contributed by atoms with Crippen LogP contribution in [0.1, 0.15) is 13.3 Å². The minimum atomic E-state index is -0.350. The minimum Gasteiger partial charge on any atom is -0.378 e. The van der Waals surface area contributed by atoms with Crippen LogP contribution in [-0.4, -0.2) is 59.1 Å². The molecule has 0 bridgehead atoms. The van der Waals surface area contributed by atoms with Crippen LogP contribution >= 0.6 is 0 Å². The SMILES string of the molecule is C[C@@H]1CN(C(=O)Nc2cccnn2)C[C@]2(CCOC2)O1. The lowest BCUT2D eigenvalue weighted by molar-refractivity contribution is -0.136.